The Morgan fingerprint density at radius 2 is 1.96 bits per heavy atom. The van der Waals surface area contributed by atoms with Crippen LogP contribution < -0.4 is 5.32 Å². The summed E-state index contributed by atoms with van der Waals surface area (Å²) in [5, 5.41) is 2.17. The van der Waals surface area contributed by atoms with Crippen LogP contribution in [0.3, 0.4) is 0 Å². The van der Waals surface area contributed by atoms with E-state index in [-0.39, 0.29) is 18.8 Å². The Kier molecular flexibility index (Phi) is 4.41. The van der Waals surface area contributed by atoms with Crippen LogP contribution in [0, 0.1) is 0 Å². The van der Waals surface area contributed by atoms with Crippen molar-refractivity contribution in [3.63, 3.8) is 0 Å². The van der Waals surface area contributed by atoms with E-state index < -0.39 is 32.7 Å². The van der Waals surface area contributed by atoms with E-state index in [2.05, 4.69) is 5.32 Å². The maximum Gasteiger partial charge on any atom is 0.166 e. The van der Waals surface area contributed by atoms with E-state index in [0.29, 0.717) is 13.2 Å². The lowest BCUT2D eigenvalue weighted by molar-refractivity contribution is -0.252. The van der Waals surface area contributed by atoms with Crippen molar-refractivity contribution in [1.82, 2.24) is 5.32 Å². The van der Waals surface area contributed by atoms with Crippen molar-refractivity contribution in [2.75, 3.05) is 19.4 Å². The maximum absolute atomic E-state index is 12.3. The first-order chi connectivity index (χ1) is 12.2. The second-order valence-corrected chi connectivity index (χ2v) is 9.84. The molecule has 0 radical (unpaired) electrons. The van der Waals surface area contributed by atoms with Crippen LogP contribution in [0.15, 0.2) is 30.3 Å². The number of sulfone groups is 1. The van der Waals surface area contributed by atoms with Crippen molar-refractivity contribution in [2.45, 2.75) is 55.5 Å². The highest BCUT2D eigenvalue weighted by Gasteiger charge is 2.66. The van der Waals surface area contributed by atoms with Crippen molar-refractivity contribution < 1.29 is 27.4 Å². The molecule has 3 aliphatic rings. The van der Waals surface area contributed by atoms with E-state index in [1.165, 1.54) is 6.26 Å². The molecule has 3 heterocycles. The highest BCUT2D eigenvalue weighted by molar-refractivity contribution is 7.91. The van der Waals surface area contributed by atoms with Crippen molar-refractivity contribution in [3.05, 3.63) is 35.9 Å². The Bertz CT molecular complexity index is 767. The van der Waals surface area contributed by atoms with Crippen LogP contribution >= 0.6 is 0 Å². The van der Waals surface area contributed by atoms with Gasteiger partial charge in [-0.15, -0.1) is 0 Å². The fourth-order valence-electron chi connectivity index (χ4n) is 4.12. The van der Waals surface area contributed by atoms with Crippen molar-refractivity contribution in [2.24, 2.45) is 0 Å². The molecule has 4 rings (SSSR count). The largest absolute Gasteiger partial charge is 0.368 e. The van der Waals surface area contributed by atoms with E-state index in [4.69, 9.17) is 18.9 Å². The van der Waals surface area contributed by atoms with Gasteiger partial charge in [-0.05, 0) is 19.4 Å². The molecule has 1 aromatic carbocycles. The number of nitrogens with one attached hydrogen (secondary N) is 1. The van der Waals surface area contributed by atoms with Crippen LogP contribution in [0.5, 0.6) is 0 Å². The Labute approximate surface area is 153 Å². The van der Waals surface area contributed by atoms with Crippen LogP contribution in [0.1, 0.15) is 19.4 Å². The highest BCUT2D eigenvalue weighted by Crippen LogP contribution is 2.44. The van der Waals surface area contributed by atoms with Gasteiger partial charge in [-0.2, -0.15) is 0 Å². The fourth-order valence-corrected chi connectivity index (χ4v) is 5.52. The lowest BCUT2D eigenvalue weighted by Gasteiger charge is -2.56. The molecule has 1 aromatic rings. The van der Waals surface area contributed by atoms with Gasteiger partial charge in [-0.25, -0.2) is 8.42 Å². The van der Waals surface area contributed by atoms with Gasteiger partial charge in [0.15, 0.2) is 15.6 Å². The van der Waals surface area contributed by atoms with E-state index in [1.54, 1.807) is 0 Å². The van der Waals surface area contributed by atoms with Crippen LogP contribution in [0.25, 0.3) is 0 Å². The van der Waals surface area contributed by atoms with Gasteiger partial charge in [-0.3, -0.25) is 5.32 Å². The number of benzene rings is 1. The zero-order chi connectivity index (χ0) is 18.6. The molecule has 5 atom stereocenters. The minimum atomic E-state index is -3.36. The Balaban J connectivity index is 1.63. The van der Waals surface area contributed by atoms with Crippen molar-refractivity contribution >= 4 is 9.84 Å². The SMILES string of the molecule is CC1(C)O[C@@H]2[C@@H](COC3(CNC3S(C)(=O)=O)[C@H]2OCc2ccccc2)O1. The zero-order valence-electron chi connectivity index (χ0n) is 15.2. The van der Waals surface area contributed by atoms with Crippen LogP contribution in [-0.2, 0) is 35.4 Å². The molecule has 0 saturated carbocycles. The average molecular weight is 383 g/mol. The van der Waals surface area contributed by atoms with Crippen molar-refractivity contribution in [1.29, 1.82) is 0 Å². The smallest absolute Gasteiger partial charge is 0.166 e. The third kappa shape index (κ3) is 3.08. The molecular formula is C18H25NO6S. The highest BCUT2D eigenvalue weighted by atomic mass is 32.2. The maximum atomic E-state index is 12.3. The molecule has 0 aromatic heterocycles. The summed E-state index contributed by atoms with van der Waals surface area (Å²) in [6.07, 6.45) is 0.000763. The predicted molar refractivity (Wildman–Crippen MR) is 94.2 cm³/mol. The molecule has 1 N–H and O–H groups in total. The molecule has 0 bridgehead atoms. The monoisotopic (exact) mass is 383 g/mol. The predicted octanol–water partition coefficient (Wildman–Crippen LogP) is 0.835. The first kappa shape index (κ1) is 18.3. The fraction of sp³-hybridized carbons (Fsp3) is 0.667. The minimum absolute atomic E-state index is 0.280. The second-order valence-electron chi connectivity index (χ2n) is 7.71. The van der Waals surface area contributed by atoms with Gasteiger partial charge in [-0.1, -0.05) is 30.3 Å². The quantitative estimate of drug-likeness (QED) is 0.825. The van der Waals surface area contributed by atoms with Crippen LogP contribution in [0.2, 0.25) is 0 Å². The normalized spacial score (nSPS) is 38.7. The lowest BCUT2D eigenvalue weighted by atomic mass is 9.82. The number of hydrogen-bond donors (Lipinski definition) is 1. The summed E-state index contributed by atoms with van der Waals surface area (Å²) < 4.78 is 48.8. The summed E-state index contributed by atoms with van der Waals surface area (Å²) in [6.45, 7) is 4.73. The number of hydrogen-bond acceptors (Lipinski definition) is 7. The molecule has 0 aliphatic carbocycles. The molecule has 3 fully saturated rings. The average Bonchev–Trinajstić information content (AvgIpc) is 2.84. The molecule has 1 spiro atoms. The number of fused-ring (bicyclic) bond motifs is 1. The first-order valence-corrected chi connectivity index (χ1v) is 10.7. The van der Waals surface area contributed by atoms with E-state index >= 15 is 0 Å². The Hall–Kier alpha value is -1.03. The van der Waals surface area contributed by atoms with Crippen LogP contribution in [0.4, 0.5) is 0 Å². The third-order valence-electron chi connectivity index (χ3n) is 5.23. The molecule has 2 unspecified atom stereocenters. The van der Waals surface area contributed by atoms with Crippen LogP contribution in [-0.4, -0.2) is 62.9 Å². The van der Waals surface area contributed by atoms with Gasteiger partial charge < -0.3 is 18.9 Å². The third-order valence-corrected chi connectivity index (χ3v) is 6.65. The lowest BCUT2D eigenvalue weighted by Crippen LogP contribution is -2.81. The molecule has 3 aliphatic heterocycles. The topological polar surface area (TPSA) is 83.1 Å². The van der Waals surface area contributed by atoms with Crippen molar-refractivity contribution in [3.8, 4) is 0 Å². The standard InChI is InChI=1S/C18H25NO6S/c1-17(2)24-13-10-23-18(11-19-16(18)26(3,20)21)15(14(13)25-17)22-9-12-7-5-4-6-8-12/h4-8,13-16,19H,9-11H2,1-3H3/t13-,14-,15+,16?,18?/m1/s1. The molecule has 26 heavy (non-hydrogen) atoms. The molecule has 144 valence electrons. The second kappa shape index (κ2) is 6.25. The Morgan fingerprint density at radius 1 is 1.23 bits per heavy atom. The van der Waals surface area contributed by atoms with E-state index in [9.17, 15) is 8.42 Å². The summed E-state index contributed by atoms with van der Waals surface area (Å²) in [7, 11) is -3.36. The van der Waals surface area contributed by atoms with Gasteiger partial charge in [0.25, 0.3) is 0 Å². The van der Waals surface area contributed by atoms with Gasteiger partial charge in [0.1, 0.15) is 29.3 Å². The van der Waals surface area contributed by atoms with Gasteiger partial charge in [0.05, 0.1) is 13.2 Å². The van der Waals surface area contributed by atoms with Gasteiger partial charge in [0, 0.05) is 12.8 Å². The summed E-state index contributed by atoms with van der Waals surface area (Å²) in [6, 6.07) is 9.76. The summed E-state index contributed by atoms with van der Waals surface area (Å²) in [4.78, 5) is 0. The molecule has 0 amide bonds. The minimum Gasteiger partial charge on any atom is -0.368 e. The van der Waals surface area contributed by atoms with Gasteiger partial charge >= 0.3 is 0 Å². The molecule has 3 saturated heterocycles. The zero-order valence-corrected chi connectivity index (χ0v) is 16.0. The summed E-state index contributed by atoms with van der Waals surface area (Å²) in [5.74, 6) is -0.754. The summed E-state index contributed by atoms with van der Waals surface area (Å²) >= 11 is 0. The van der Waals surface area contributed by atoms with Gasteiger partial charge in [0.2, 0.25) is 0 Å². The van der Waals surface area contributed by atoms with E-state index in [0.717, 1.165) is 5.56 Å². The van der Waals surface area contributed by atoms with E-state index in [1.807, 2.05) is 44.2 Å². The summed E-state index contributed by atoms with van der Waals surface area (Å²) in [5.41, 5.74) is 0.0407. The molecule has 8 heteroatoms. The first-order valence-electron chi connectivity index (χ1n) is 8.79. The Morgan fingerprint density at radius 3 is 2.58 bits per heavy atom. The molecule has 7 nitrogen and oxygen atoms in total. The number of ether oxygens (including phenoxy) is 4. The number of rotatable bonds is 4. The molecular weight excluding hydrogens is 358 g/mol.